The van der Waals surface area contributed by atoms with Crippen LogP contribution in [0.2, 0.25) is 0 Å². The van der Waals surface area contributed by atoms with E-state index in [0.29, 0.717) is 0 Å². The van der Waals surface area contributed by atoms with Gasteiger partial charge in [0.1, 0.15) is 0 Å². The Kier molecular flexibility index (Phi) is 4.10. The molecule has 0 bridgehead atoms. The SMILES string of the molecule is CCCn1cc(C(NC)c2ncccc2C)cn1. The molecule has 4 nitrogen and oxygen atoms in total. The van der Waals surface area contributed by atoms with Crippen LogP contribution in [0.15, 0.2) is 30.7 Å². The molecule has 0 aliphatic carbocycles. The van der Waals surface area contributed by atoms with Gasteiger partial charge in [0.05, 0.1) is 17.9 Å². The molecule has 1 N–H and O–H groups in total. The summed E-state index contributed by atoms with van der Waals surface area (Å²) in [6, 6.07) is 4.16. The van der Waals surface area contributed by atoms with Crippen molar-refractivity contribution in [2.45, 2.75) is 32.9 Å². The molecule has 1 atom stereocenters. The first-order valence-corrected chi connectivity index (χ1v) is 6.37. The molecule has 18 heavy (non-hydrogen) atoms. The second-order valence-electron chi connectivity index (χ2n) is 4.46. The Balaban J connectivity index is 2.30. The second kappa shape index (κ2) is 5.78. The quantitative estimate of drug-likeness (QED) is 0.877. The van der Waals surface area contributed by atoms with E-state index < -0.39 is 0 Å². The fourth-order valence-corrected chi connectivity index (χ4v) is 2.14. The lowest BCUT2D eigenvalue weighted by Gasteiger charge is -2.15. The third-order valence-corrected chi connectivity index (χ3v) is 3.05. The van der Waals surface area contributed by atoms with E-state index in [2.05, 4.69) is 41.5 Å². The highest BCUT2D eigenvalue weighted by Gasteiger charge is 2.16. The third kappa shape index (κ3) is 2.59. The monoisotopic (exact) mass is 244 g/mol. The lowest BCUT2D eigenvalue weighted by Crippen LogP contribution is -2.19. The van der Waals surface area contributed by atoms with Crippen LogP contribution in [0.5, 0.6) is 0 Å². The van der Waals surface area contributed by atoms with Crippen LogP contribution >= 0.6 is 0 Å². The molecule has 96 valence electrons. The van der Waals surface area contributed by atoms with Crippen molar-refractivity contribution in [1.82, 2.24) is 20.1 Å². The second-order valence-corrected chi connectivity index (χ2v) is 4.46. The highest BCUT2D eigenvalue weighted by Crippen LogP contribution is 2.21. The van der Waals surface area contributed by atoms with Crippen molar-refractivity contribution in [2.24, 2.45) is 0 Å². The normalized spacial score (nSPS) is 12.6. The lowest BCUT2D eigenvalue weighted by molar-refractivity contribution is 0.599. The fourth-order valence-electron chi connectivity index (χ4n) is 2.14. The van der Waals surface area contributed by atoms with Crippen LogP contribution in [0.3, 0.4) is 0 Å². The molecule has 0 aromatic carbocycles. The molecular formula is C14H20N4. The minimum atomic E-state index is 0.108. The zero-order valence-corrected chi connectivity index (χ0v) is 11.2. The Morgan fingerprint density at radius 2 is 2.28 bits per heavy atom. The summed E-state index contributed by atoms with van der Waals surface area (Å²) in [5.41, 5.74) is 3.42. The standard InChI is InChI=1S/C14H20N4/c1-4-8-18-10-12(9-17-18)14(15-3)13-11(2)6-5-7-16-13/h5-7,9-10,14-15H,4,8H2,1-3H3. The molecule has 0 spiro atoms. The van der Waals surface area contributed by atoms with Crippen molar-refractivity contribution >= 4 is 0 Å². The zero-order chi connectivity index (χ0) is 13.0. The molecule has 2 aromatic heterocycles. The number of hydrogen-bond acceptors (Lipinski definition) is 3. The van der Waals surface area contributed by atoms with Crippen LogP contribution in [0.1, 0.15) is 36.2 Å². The van der Waals surface area contributed by atoms with Crippen molar-refractivity contribution in [2.75, 3.05) is 7.05 Å². The van der Waals surface area contributed by atoms with E-state index in [1.165, 1.54) is 5.56 Å². The van der Waals surface area contributed by atoms with Gasteiger partial charge in [-0.1, -0.05) is 13.0 Å². The molecule has 2 heterocycles. The van der Waals surface area contributed by atoms with E-state index in [4.69, 9.17) is 0 Å². The first-order chi connectivity index (χ1) is 8.76. The van der Waals surface area contributed by atoms with Crippen LogP contribution in [0.25, 0.3) is 0 Å². The van der Waals surface area contributed by atoms with Crippen LogP contribution in [-0.2, 0) is 6.54 Å². The van der Waals surface area contributed by atoms with Crippen molar-refractivity contribution in [3.8, 4) is 0 Å². The maximum absolute atomic E-state index is 4.48. The van der Waals surface area contributed by atoms with Gasteiger partial charge in [-0.15, -0.1) is 0 Å². The molecule has 0 aliphatic heterocycles. The van der Waals surface area contributed by atoms with Crippen molar-refractivity contribution < 1.29 is 0 Å². The number of hydrogen-bond donors (Lipinski definition) is 1. The topological polar surface area (TPSA) is 42.7 Å². The van der Waals surface area contributed by atoms with Gasteiger partial charge in [0.25, 0.3) is 0 Å². The Morgan fingerprint density at radius 1 is 1.44 bits per heavy atom. The Labute approximate surface area is 108 Å². The molecule has 0 radical (unpaired) electrons. The third-order valence-electron chi connectivity index (χ3n) is 3.05. The van der Waals surface area contributed by atoms with Crippen LogP contribution in [-0.4, -0.2) is 21.8 Å². The fraction of sp³-hybridized carbons (Fsp3) is 0.429. The van der Waals surface area contributed by atoms with Crippen LogP contribution in [0.4, 0.5) is 0 Å². The molecule has 4 heteroatoms. The molecule has 0 saturated carbocycles. The van der Waals surface area contributed by atoms with E-state index in [-0.39, 0.29) is 6.04 Å². The average Bonchev–Trinajstić information content (AvgIpc) is 2.82. The number of nitrogens with one attached hydrogen (secondary N) is 1. The highest BCUT2D eigenvalue weighted by molar-refractivity contribution is 5.29. The number of pyridine rings is 1. The average molecular weight is 244 g/mol. The van der Waals surface area contributed by atoms with Gasteiger partial charge in [-0.3, -0.25) is 9.67 Å². The summed E-state index contributed by atoms with van der Waals surface area (Å²) in [4.78, 5) is 4.48. The van der Waals surface area contributed by atoms with Crippen molar-refractivity contribution in [3.63, 3.8) is 0 Å². The lowest BCUT2D eigenvalue weighted by atomic mass is 10.0. The molecule has 1 unspecified atom stereocenters. The predicted molar refractivity (Wildman–Crippen MR) is 72.4 cm³/mol. The molecular weight excluding hydrogens is 224 g/mol. The Morgan fingerprint density at radius 3 is 2.94 bits per heavy atom. The minimum absolute atomic E-state index is 0.108. The van der Waals surface area contributed by atoms with Crippen molar-refractivity contribution in [1.29, 1.82) is 0 Å². The summed E-state index contributed by atoms with van der Waals surface area (Å²) in [6.45, 7) is 5.20. The number of rotatable bonds is 5. The summed E-state index contributed by atoms with van der Waals surface area (Å²) in [5, 5.41) is 7.69. The number of aryl methyl sites for hydroxylation is 2. The van der Waals surface area contributed by atoms with Gasteiger partial charge in [0.2, 0.25) is 0 Å². The molecule has 0 amide bonds. The van der Waals surface area contributed by atoms with E-state index >= 15 is 0 Å². The van der Waals surface area contributed by atoms with Crippen LogP contribution in [0, 0.1) is 6.92 Å². The summed E-state index contributed by atoms with van der Waals surface area (Å²) < 4.78 is 1.98. The van der Waals surface area contributed by atoms with E-state index in [1.807, 2.05) is 30.2 Å². The maximum Gasteiger partial charge on any atom is 0.0782 e. The van der Waals surface area contributed by atoms with Gasteiger partial charge in [-0.2, -0.15) is 5.10 Å². The molecule has 2 rings (SSSR count). The Hall–Kier alpha value is -1.68. The van der Waals surface area contributed by atoms with Gasteiger partial charge in [-0.05, 0) is 32.0 Å². The minimum Gasteiger partial charge on any atom is -0.308 e. The van der Waals surface area contributed by atoms with E-state index in [0.717, 1.165) is 24.2 Å². The van der Waals surface area contributed by atoms with Gasteiger partial charge in [0, 0.05) is 24.5 Å². The molecule has 0 saturated heterocycles. The largest absolute Gasteiger partial charge is 0.308 e. The summed E-state index contributed by atoms with van der Waals surface area (Å²) in [7, 11) is 1.95. The van der Waals surface area contributed by atoms with Gasteiger partial charge in [0.15, 0.2) is 0 Å². The van der Waals surface area contributed by atoms with E-state index in [1.54, 1.807) is 0 Å². The molecule has 0 fully saturated rings. The van der Waals surface area contributed by atoms with Gasteiger partial charge >= 0.3 is 0 Å². The highest BCUT2D eigenvalue weighted by atomic mass is 15.3. The molecule has 0 aliphatic rings. The first kappa shape index (κ1) is 12.8. The smallest absolute Gasteiger partial charge is 0.0782 e. The van der Waals surface area contributed by atoms with Crippen LogP contribution < -0.4 is 5.32 Å². The predicted octanol–water partition coefficient (Wildman–Crippen LogP) is 2.31. The maximum atomic E-state index is 4.48. The summed E-state index contributed by atoms with van der Waals surface area (Å²) in [6.07, 6.45) is 6.95. The summed E-state index contributed by atoms with van der Waals surface area (Å²) >= 11 is 0. The number of aromatic nitrogens is 3. The summed E-state index contributed by atoms with van der Waals surface area (Å²) in [5.74, 6) is 0. The Bertz CT molecular complexity index is 504. The first-order valence-electron chi connectivity index (χ1n) is 6.37. The van der Waals surface area contributed by atoms with Crippen molar-refractivity contribution in [3.05, 3.63) is 47.5 Å². The van der Waals surface area contributed by atoms with E-state index in [9.17, 15) is 0 Å². The molecule has 2 aromatic rings. The number of nitrogens with zero attached hydrogens (tertiary/aromatic N) is 3. The van der Waals surface area contributed by atoms with Gasteiger partial charge < -0.3 is 5.32 Å². The van der Waals surface area contributed by atoms with Gasteiger partial charge in [-0.25, -0.2) is 0 Å². The zero-order valence-electron chi connectivity index (χ0n) is 11.2.